The molecule has 1 heterocycles. The monoisotopic (exact) mass is 415 g/mol. The van der Waals surface area contributed by atoms with Crippen LogP contribution in [0.15, 0.2) is 48.5 Å². The van der Waals surface area contributed by atoms with Crippen molar-refractivity contribution >= 4 is 35.0 Å². The average molecular weight is 416 g/mol. The molecule has 0 unspecified atom stereocenters. The highest BCUT2D eigenvalue weighted by Crippen LogP contribution is 2.27. The summed E-state index contributed by atoms with van der Waals surface area (Å²) in [5.74, 6) is -0.406. The van der Waals surface area contributed by atoms with Crippen LogP contribution < -0.4 is 20.3 Å². The maximum absolute atomic E-state index is 12.4. The lowest BCUT2D eigenvalue weighted by atomic mass is 10.1. The normalized spacial score (nSPS) is 15.9. The number of halogens is 1. The van der Waals surface area contributed by atoms with E-state index >= 15 is 0 Å². The number of carbonyl (C=O) groups excluding carboxylic acids is 3. The van der Waals surface area contributed by atoms with E-state index in [0.717, 1.165) is 0 Å². The zero-order chi connectivity index (χ0) is 20.8. The van der Waals surface area contributed by atoms with Crippen molar-refractivity contribution in [2.24, 2.45) is 5.92 Å². The van der Waals surface area contributed by atoms with Crippen molar-refractivity contribution in [3.63, 3.8) is 0 Å². The van der Waals surface area contributed by atoms with Gasteiger partial charge in [-0.3, -0.25) is 14.4 Å². The summed E-state index contributed by atoms with van der Waals surface area (Å²) >= 11 is 5.99. The first-order valence-electron chi connectivity index (χ1n) is 9.24. The van der Waals surface area contributed by atoms with E-state index in [1.165, 1.54) is 0 Å². The average Bonchev–Trinajstić information content (AvgIpc) is 3.13. The lowest BCUT2D eigenvalue weighted by Crippen LogP contribution is -2.38. The van der Waals surface area contributed by atoms with Gasteiger partial charge in [0.25, 0.3) is 5.91 Å². The van der Waals surface area contributed by atoms with Gasteiger partial charge in [-0.15, -0.1) is 0 Å². The minimum atomic E-state index is -0.437. The summed E-state index contributed by atoms with van der Waals surface area (Å²) in [5.41, 5.74) is 1.09. The SMILES string of the molecule is COc1cccc(N2C[C@H](C(=O)NCCNC(=O)c3ccccc3Cl)CC2=O)c1. The molecule has 1 aliphatic rings. The van der Waals surface area contributed by atoms with Crippen LogP contribution in [0, 0.1) is 5.92 Å². The maximum atomic E-state index is 12.4. The minimum Gasteiger partial charge on any atom is -0.497 e. The molecule has 0 spiro atoms. The Morgan fingerprint density at radius 1 is 1.14 bits per heavy atom. The third-order valence-corrected chi connectivity index (χ3v) is 5.02. The van der Waals surface area contributed by atoms with Gasteiger partial charge in [-0.05, 0) is 24.3 Å². The van der Waals surface area contributed by atoms with Crippen LogP contribution >= 0.6 is 11.6 Å². The second-order valence-electron chi connectivity index (χ2n) is 6.63. The number of rotatable bonds is 7. The van der Waals surface area contributed by atoms with Crippen LogP contribution in [0.1, 0.15) is 16.8 Å². The molecule has 1 atom stereocenters. The quantitative estimate of drug-likeness (QED) is 0.679. The molecule has 3 rings (SSSR count). The zero-order valence-corrected chi connectivity index (χ0v) is 16.7. The summed E-state index contributed by atoms with van der Waals surface area (Å²) in [6.07, 6.45) is 0.148. The number of anilines is 1. The lowest BCUT2D eigenvalue weighted by Gasteiger charge is -2.17. The summed E-state index contributed by atoms with van der Waals surface area (Å²) in [4.78, 5) is 38.4. The first-order valence-corrected chi connectivity index (χ1v) is 9.62. The second-order valence-corrected chi connectivity index (χ2v) is 7.04. The number of ether oxygens (including phenoxy) is 1. The fraction of sp³-hybridized carbons (Fsp3) is 0.286. The second kappa shape index (κ2) is 9.43. The van der Waals surface area contributed by atoms with Crippen LogP contribution in [0.4, 0.5) is 5.69 Å². The van der Waals surface area contributed by atoms with Crippen molar-refractivity contribution in [3.05, 3.63) is 59.1 Å². The molecule has 0 aromatic heterocycles. The van der Waals surface area contributed by atoms with Crippen molar-refractivity contribution in [1.29, 1.82) is 0 Å². The van der Waals surface area contributed by atoms with Crippen LogP contribution in [0.2, 0.25) is 5.02 Å². The fourth-order valence-electron chi connectivity index (χ4n) is 3.16. The van der Waals surface area contributed by atoms with Crippen molar-refractivity contribution in [2.45, 2.75) is 6.42 Å². The van der Waals surface area contributed by atoms with Crippen LogP contribution in [0.5, 0.6) is 5.75 Å². The Bertz CT molecular complexity index is 918. The molecule has 2 N–H and O–H groups in total. The first-order chi connectivity index (χ1) is 14.0. The highest BCUT2D eigenvalue weighted by atomic mass is 35.5. The molecule has 0 radical (unpaired) electrons. The molecular weight excluding hydrogens is 394 g/mol. The van der Waals surface area contributed by atoms with Crippen molar-refractivity contribution < 1.29 is 19.1 Å². The Balaban J connectivity index is 1.47. The number of hydrogen-bond acceptors (Lipinski definition) is 4. The molecule has 2 aromatic rings. The predicted octanol–water partition coefficient (Wildman–Crippen LogP) is 2.25. The van der Waals surface area contributed by atoms with E-state index in [-0.39, 0.29) is 37.2 Å². The van der Waals surface area contributed by atoms with Gasteiger partial charge in [-0.1, -0.05) is 29.8 Å². The largest absolute Gasteiger partial charge is 0.497 e. The van der Waals surface area contributed by atoms with Crippen LogP contribution in [-0.2, 0) is 9.59 Å². The van der Waals surface area contributed by atoms with E-state index in [2.05, 4.69) is 10.6 Å². The number of benzene rings is 2. The van der Waals surface area contributed by atoms with Gasteiger partial charge >= 0.3 is 0 Å². The number of methoxy groups -OCH3 is 1. The van der Waals surface area contributed by atoms with Crippen molar-refractivity contribution in [2.75, 3.05) is 31.6 Å². The number of amides is 3. The molecular formula is C21H22ClN3O4. The minimum absolute atomic E-state index is 0.106. The molecule has 1 saturated heterocycles. The smallest absolute Gasteiger partial charge is 0.252 e. The summed E-state index contributed by atoms with van der Waals surface area (Å²) in [5, 5.41) is 5.85. The highest BCUT2D eigenvalue weighted by Gasteiger charge is 2.35. The molecule has 7 nitrogen and oxygen atoms in total. The van der Waals surface area contributed by atoms with Gasteiger partial charge in [-0.25, -0.2) is 0 Å². The van der Waals surface area contributed by atoms with Gasteiger partial charge in [0, 0.05) is 37.8 Å². The Labute approximate surface area is 174 Å². The third kappa shape index (κ3) is 5.06. The number of carbonyl (C=O) groups is 3. The lowest BCUT2D eigenvalue weighted by molar-refractivity contribution is -0.126. The van der Waals surface area contributed by atoms with Crippen LogP contribution in [-0.4, -0.2) is 44.5 Å². The summed E-state index contributed by atoms with van der Waals surface area (Å²) < 4.78 is 5.19. The van der Waals surface area contributed by atoms with E-state index in [4.69, 9.17) is 16.3 Å². The zero-order valence-electron chi connectivity index (χ0n) is 16.0. The van der Waals surface area contributed by atoms with E-state index in [9.17, 15) is 14.4 Å². The number of nitrogens with one attached hydrogen (secondary N) is 2. The van der Waals surface area contributed by atoms with Gasteiger partial charge in [0.1, 0.15) is 5.75 Å². The standard InChI is InChI=1S/C21H22ClN3O4/c1-29-16-6-4-5-15(12-16)25-13-14(11-19(25)26)20(27)23-9-10-24-21(28)17-7-2-3-8-18(17)22/h2-8,12,14H,9-11,13H2,1H3,(H,23,27)(H,24,28)/t14-/m1/s1. The van der Waals surface area contributed by atoms with Gasteiger partial charge in [0.05, 0.1) is 23.6 Å². The third-order valence-electron chi connectivity index (χ3n) is 4.69. The summed E-state index contributed by atoms with van der Waals surface area (Å²) in [6.45, 7) is 0.832. The predicted molar refractivity (Wildman–Crippen MR) is 110 cm³/mol. The Hall–Kier alpha value is -3.06. The van der Waals surface area contributed by atoms with Gasteiger partial charge < -0.3 is 20.3 Å². The fourth-order valence-corrected chi connectivity index (χ4v) is 3.38. The number of nitrogens with zero attached hydrogens (tertiary/aromatic N) is 1. The first kappa shape index (κ1) is 20.7. The van der Waals surface area contributed by atoms with E-state index in [1.807, 2.05) is 6.07 Å². The van der Waals surface area contributed by atoms with Gasteiger partial charge in [-0.2, -0.15) is 0 Å². The molecule has 0 saturated carbocycles. The molecule has 0 aliphatic carbocycles. The summed E-state index contributed by atoms with van der Waals surface area (Å²) in [7, 11) is 1.56. The molecule has 29 heavy (non-hydrogen) atoms. The topological polar surface area (TPSA) is 87.7 Å². The van der Waals surface area contributed by atoms with E-state index in [0.29, 0.717) is 28.6 Å². The molecule has 1 fully saturated rings. The summed E-state index contributed by atoms with van der Waals surface area (Å²) in [6, 6.07) is 13.9. The molecule has 152 valence electrons. The van der Waals surface area contributed by atoms with Crippen LogP contribution in [0.25, 0.3) is 0 Å². The highest BCUT2D eigenvalue weighted by molar-refractivity contribution is 6.33. The van der Waals surface area contributed by atoms with Crippen molar-refractivity contribution in [1.82, 2.24) is 10.6 Å². The number of hydrogen-bond donors (Lipinski definition) is 2. The molecule has 3 amide bonds. The van der Waals surface area contributed by atoms with Gasteiger partial charge in [0.15, 0.2) is 0 Å². The van der Waals surface area contributed by atoms with Crippen molar-refractivity contribution in [3.8, 4) is 5.75 Å². The molecule has 8 heteroatoms. The Kier molecular flexibility index (Phi) is 6.72. The van der Waals surface area contributed by atoms with Gasteiger partial charge in [0.2, 0.25) is 11.8 Å². The molecule has 2 aromatic carbocycles. The van der Waals surface area contributed by atoms with Crippen LogP contribution in [0.3, 0.4) is 0 Å². The molecule has 0 bridgehead atoms. The Morgan fingerprint density at radius 2 is 1.90 bits per heavy atom. The molecule has 1 aliphatic heterocycles. The Morgan fingerprint density at radius 3 is 2.66 bits per heavy atom. The maximum Gasteiger partial charge on any atom is 0.252 e. The van der Waals surface area contributed by atoms with E-state index in [1.54, 1.807) is 54.5 Å². The van der Waals surface area contributed by atoms with E-state index < -0.39 is 5.92 Å².